The number of piperazine rings is 1. The molecule has 0 amide bonds. The molecule has 1 saturated heterocycles. The molecule has 2 aromatic carbocycles. The molecule has 2 aromatic rings. The first kappa shape index (κ1) is 21.7. The van der Waals surface area contributed by atoms with Crippen molar-refractivity contribution < 1.29 is 17.9 Å². The fourth-order valence-electron chi connectivity index (χ4n) is 3.57. The Hall–Kier alpha value is -1.97. The Kier molecular flexibility index (Phi) is 6.60. The Morgan fingerprint density at radius 2 is 1.66 bits per heavy atom. The predicted molar refractivity (Wildman–Crippen MR) is 119 cm³/mol. The van der Waals surface area contributed by atoms with Gasteiger partial charge in [0.15, 0.2) is 0 Å². The fourth-order valence-corrected chi connectivity index (χ4v) is 5.34. The Labute approximate surface area is 180 Å². The zero-order valence-corrected chi connectivity index (χ0v) is 19.3. The minimum atomic E-state index is -3.90. The molecule has 29 heavy (non-hydrogen) atoms. The summed E-state index contributed by atoms with van der Waals surface area (Å²) >= 11 is 3.32. The van der Waals surface area contributed by atoms with E-state index in [0.29, 0.717) is 28.0 Å². The molecule has 2 N–H and O–H groups in total. The summed E-state index contributed by atoms with van der Waals surface area (Å²) in [5.74, 6) is 0.711. The van der Waals surface area contributed by atoms with Crippen LogP contribution in [0.15, 0.2) is 45.8 Å². The van der Waals surface area contributed by atoms with E-state index in [-0.39, 0.29) is 10.6 Å². The fraction of sp³-hybridized carbons (Fsp3) is 0.400. The van der Waals surface area contributed by atoms with Gasteiger partial charge in [0, 0.05) is 35.3 Å². The van der Waals surface area contributed by atoms with Crippen LogP contribution in [-0.2, 0) is 10.0 Å². The van der Waals surface area contributed by atoms with E-state index >= 15 is 0 Å². The maximum Gasteiger partial charge on any atom is 0.265 e. The van der Waals surface area contributed by atoms with Crippen LogP contribution in [0, 0.1) is 0 Å². The number of nitrogens with one attached hydrogen (secondary N) is 2. The predicted octanol–water partition coefficient (Wildman–Crippen LogP) is 3.45. The van der Waals surface area contributed by atoms with Crippen molar-refractivity contribution in [1.82, 2.24) is 5.32 Å². The van der Waals surface area contributed by atoms with Crippen LogP contribution in [0.25, 0.3) is 0 Å². The van der Waals surface area contributed by atoms with Gasteiger partial charge in [0.05, 0.1) is 19.9 Å². The number of halogens is 1. The van der Waals surface area contributed by atoms with Crippen LogP contribution in [0.2, 0.25) is 0 Å². The molecule has 158 valence electrons. The highest BCUT2D eigenvalue weighted by Crippen LogP contribution is 2.34. The average molecular weight is 484 g/mol. The molecule has 1 aliphatic heterocycles. The molecule has 2 atom stereocenters. The lowest BCUT2D eigenvalue weighted by molar-refractivity contribution is 0.402. The summed E-state index contributed by atoms with van der Waals surface area (Å²) in [5, 5.41) is 3.50. The molecular formula is C20H26BrN3O4S. The number of methoxy groups -OCH3 is 2. The lowest BCUT2D eigenvalue weighted by Gasteiger charge is -2.38. The highest BCUT2D eigenvalue weighted by atomic mass is 79.9. The normalized spacial score (nSPS) is 19.7. The SMILES string of the molecule is COc1ccc(N2C[C@@H](C)N[C@@H](C)C2)cc1NS(=O)(=O)c1cc(Br)ccc1OC. The molecule has 0 bridgehead atoms. The van der Waals surface area contributed by atoms with Gasteiger partial charge in [-0.2, -0.15) is 0 Å². The van der Waals surface area contributed by atoms with Gasteiger partial charge in [0.1, 0.15) is 16.4 Å². The van der Waals surface area contributed by atoms with Crippen molar-refractivity contribution in [2.45, 2.75) is 30.8 Å². The number of anilines is 2. The van der Waals surface area contributed by atoms with Crippen molar-refractivity contribution in [3.8, 4) is 11.5 Å². The molecule has 1 fully saturated rings. The molecule has 3 rings (SSSR count). The van der Waals surface area contributed by atoms with E-state index in [2.05, 4.69) is 44.7 Å². The third-order valence-corrected chi connectivity index (χ3v) is 6.65. The lowest BCUT2D eigenvalue weighted by atomic mass is 10.1. The lowest BCUT2D eigenvalue weighted by Crippen LogP contribution is -2.54. The zero-order valence-electron chi connectivity index (χ0n) is 16.9. The Bertz CT molecular complexity index is 974. The molecule has 0 saturated carbocycles. The molecular weight excluding hydrogens is 458 g/mol. The van der Waals surface area contributed by atoms with Gasteiger partial charge >= 0.3 is 0 Å². The minimum Gasteiger partial charge on any atom is -0.495 e. The van der Waals surface area contributed by atoms with Gasteiger partial charge in [-0.3, -0.25) is 4.72 Å². The monoisotopic (exact) mass is 483 g/mol. The van der Waals surface area contributed by atoms with E-state index < -0.39 is 10.0 Å². The Morgan fingerprint density at radius 3 is 2.28 bits per heavy atom. The Balaban J connectivity index is 1.97. The summed E-state index contributed by atoms with van der Waals surface area (Å²) in [7, 11) is -0.940. The number of rotatable bonds is 6. The van der Waals surface area contributed by atoms with Gasteiger partial charge in [-0.1, -0.05) is 15.9 Å². The number of sulfonamides is 1. The molecule has 0 aliphatic carbocycles. The van der Waals surface area contributed by atoms with E-state index in [9.17, 15) is 8.42 Å². The van der Waals surface area contributed by atoms with Crippen molar-refractivity contribution >= 4 is 37.3 Å². The molecule has 0 spiro atoms. The summed E-state index contributed by atoms with van der Waals surface area (Å²) in [6.45, 7) is 5.94. The van der Waals surface area contributed by atoms with Crippen molar-refractivity contribution in [3.63, 3.8) is 0 Å². The number of nitrogens with zero attached hydrogens (tertiary/aromatic N) is 1. The number of hydrogen-bond donors (Lipinski definition) is 2. The second-order valence-electron chi connectivity index (χ2n) is 7.16. The van der Waals surface area contributed by atoms with Crippen LogP contribution < -0.4 is 24.4 Å². The highest BCUT2D eigenvalue weighted by molar-refractivity contribution is 9.10. The average Bonchev–Trinajstić information content (AvgIpc) is 2.67. The van der Waals surface area contributed by atoms with Crippen LogP contribution >= 0.6 is 15.9 Å². The summed E-state index contributed by atoms with van der Waals surface area (Å²) < 4.78 is 40.1. The topological polar surface area (TPSA) is 79.9 Å². The van der Waals surface area contributed by atoms with Gasteiger partial charge in [-0.25, -0.2) is 8.42 Å². The van der Waals surface area contributed by atoms with E-state index in [1.807, 2.05) is 12.1 Å². The van der Waals surface area contributed by atoms with Crippen molar-refractivity contribution in [3.05, 3.63) is 40.9 Å². The molecule has 1 heterocycles. The quantitative estimate of drug-likeness (QED) is 0.654. The van der Waals surface area contributed by atoms with E-state index in [4.69, 9.17) is 9.47 Å². The van der Waals surface area contributed by atoms with Gasteiger partial charge in [-0.15, -0.1) is 0 Å². The van der Waals surface area contributed by atoms with Crippen molar-refractivity contribution in [2.75, 3.05) is 36.9 Å². The van der Waals surface area contributed by atoms with E-state index in [1.54, 1.807) is 18.2 Å². The first-order valence-electron chi connectivity index (χ1n) is 9.29. The van der Waals surface area contributed by atoms with Crippen LogP contribution in [0.5, 0.6) is 11.5 Å². The van der Waals surface area contributed by atoms with Gasteiger partial charge in [0.2, 0.25) is 0 Å². The maximum atomic E-state index is 13.1. The molecule has 7 nitrogen and oxygen atoms in total. The van der Waals surface area contributed by atoms with Gasteiger partial charge in [0.25, 0.3) is 10.0 Å². The first-order valence-corrected chi connectivity index (χ1v) is 11.6. The summed E-state index contributed by atoms with van der Waals surface area (Å²) in [5.41, 5.74) is 1.32. The van der Waals surface area contributed by atoms with Crippen LogP contribution in [0.3, 0.4) is 0 Å². The third kappa shape index (κ3) is 4.96. The van der Waals surface area contributed by atoms with Crippen LogP contribution in [0.4, 0.5) is 11.4 Å². The number of benzene rings is 2. The second-order valence-corrected chi connectivity index (χ2v) is 9.73. The molecule has 9 heteroatoms. The summed E-state index contributed by atoms with van der Waals surface area (Å²) in [6, 6.07) is 11.1. The smallest absolute Gasteiger partial charge is 0.265 e. The number of ether oxygens (including phenoxy) is 2. The van der Waals surface area contributed by atoms with E-state index in [0.717, 1.165) is 18.8 Å². The summed E-state index contributed by atoms with van der Waals surface area (Å²) in [4.78, 5) is 2.29. The largest absolute Gasteiger partial charge is 0.495 e. The third-order valence-electron chi connectivity index (χ3n) is 4.77. The zero-order chi connectivity index (χ0) is 21.2. The second kappa shape index (κ2) is 8.81. The Morgan fingerprint density at radius 1 is 1.03 bits per heavy atom. The summed E-state index contributed by atoms with van der Waals surface area (Å²) in [6.07, 6.45) is 0. The highest BCUT2D eigenvalue weighted by Gasteiger charge is 2.24. The molecule has 0 aromatic heterocycles. The molecule has 1 aliphatic rings. The minimum absolute atomic E-state index is 0.0475. The molecule has 0 radical (unpaired) electrons. The maximum absolute atomic E-state index is 13.1. The first-order chi connectivity index (χ1) is 13.7. The number of hydrogen-bond acceptors (Lipinski definition) is 6. The van der Waals surface area contributed by atoms with Gasteiger partial charge in [-0.05, 0) is 50.2 Å². The van der Waals surface area contributed by atoms with Crippen molar-refractivity contribution in [1.29, 1.82) is 0 Å². The van der Waals surface area contributed by atoms with E-state index in [1.165, 1.54) is 20.3 Å². The van der Waals surface area contributed by atoms with Crippen LogP contribution in [-0.4, -0.2) is 47.8 Å². The molecule has 0 unspecified atom stereocenters. The van der Waals surface area contributed by atoms with Crippen LogP contribution in [0.1, 0.15) is 13.8 Å². The van der Waals surface area contributed by atoms with Gasteiger partial charge < -0.3 is 19.7 Å². The van der Waals surface area contributed by atoms with Crippen molar-refractivity contribution in [2.24, 2.45) is 0 Å². The standard InChI is InChI=1S/C20H26BrN3O4S/c1-13-11-24(12-14(2)22-13)16-6-8-18(27-3)17(10-16)23-29(25,26)20-9-15(21)5-7-19(20)28-4/h5-10,13-14,22-23H,11-12H2,1-4H3/t13-,14+.